The maximum absolute atomic E-state index is 12.3. The van der Waals surface area contributed by atoms with E-state index in [0.29, 0.717) is 12.2 Å². The molecule has 0 heterocycles. The molecular weight excluding hydrogens is 233 g/mol. The van der Waals surface area contributed by atoms with Crippen LogP contribution >= 0.6 is 0 Å². The van der Waals surface area contributed by atoms with Crippen molar-refractivity contribution in [2.75, 3.05) is 6.61 Å². The zero-order valence-electron chi connectivity index (χ0n) is 9.71. The van der Waals surface area contributed by atoms with Crippen LogP contribution in [-0.4, -0.2) is 17.3 Å². The fraction of sp³-hybridized carbons (Fsp3) is 0.500. The van der Waals surface area contributed by atoms with Crippen molar-refractivity contribution in [1.82, 2.24) is 0 Å². The second-order valence-electron chi connectivity index (χ2n) is 4.16. The van der Waals surface area contributed by atoms with Crippen LogP contribution in [0.15, 0.2) is 24.3 Å². The minimum absolute atomic E-state index is 0.0505. The first-order valence-electron chi connectivity index (χ1n) is 5.27. The highest BCUT2D eigenvalue weighted by atomic mass is 19.4. The Morgan fingerprint density at radius 1 is 1.18 bits per heavy atom. The summed E-state index contributed by atoms with van der Waals surface area (Å²) in [4.78, 5) is 0. The van der Waals surface area contributed by atoms with Crippen molar-refractivity contribution >= 4 is 0 Å². The van der Waals surface area contributed by atoms with Crippen LogP contribution in [0.2, 0.25) is 0 Å². The van der Waals surface area contributed by atoms with Crippen molar-refractivity contribution in [2.45, 2.75) is 32.0 Å². The first kappa shape index (κ1) is 13.8. The fourth-order valence-electron chi connectivity index (χ4n) is 1.08. The Balaban J connectivity index is 2.64. The van der Waals surface area contributed by atoms with E-state index in [1.54, 1.807) is 13.8 Å². The van der Waals surface area contributed by atoms with Crippen LogP contribution in [-0.2, 0) is 6.18 Å². The number of aliphatic hydroxyl groups is 1. The number of hydrogen-bond donors (Lipinski definition) is 1. The summed E-state index contributed by atoms with van der Waals surface area (Å²) in [6.45, 7) is 3.46. The van der Waals surface area contributed by atoms with Gasteiger partial charge in [0.1, 0.15) is 12.4 Å². The van der Waals surface area contributed by atoms with E-state index in [4.69, 9.17) is 4.74 Å². The SMILES string of the molecule is CCC(C)(O)COc1ccc(C(F)(F)F)cc1. The molecule has 1 atom stereocenters. The predicted molar refractivity (Wildman–Crippen MR) is 57.9 cm³/mol. The zero-order chi connectivity index (χ0) is 13.1. The van der Waals surface area contributed by atoms with Gasteiger partial charge in [0, 0.05) is 0 Å². The fourth-order valence-corrected chi connectivity index (χ4v) is 1.08. The van der Waals surface area contributed by atoms with Gasteiger partial charge in [-0.15, -0.1) is 0 Å². The number of alkyl halides is 3. The van der Waals surface area contributed by atoms with E-state index in [9.17, 15) is 18.3 Å². The number of halogens is 3. The summed E-state index contributed by atoms with van der Waals surface area (Å²) in [5.41, 5.74) is -1.69. The van der Waals surface area contributed by atoms with Crippen molar-refractivity contribution in [3.05, 3.63) is 29.8 Å². The lowest BCUT2D eigenvalue weighted by Crippen LogP contribution is -2.31. The highest BCUT2D eigenvalue weighted by Gasteiger charge is 2.30. The Labute approximate surface area is 98.0 Å². The Morgan fingerprint density at radius 2 is 1.71 bits per heavy atom. The molecule has 0 saturated carbocycles. The van der Waals surface area contributed by atoms with Gasteiger partial charge in [-0.3, -0.25) is 0 Å². The lowest BCUT2D eigenvalue weighted by molar-refractivity contribution is -0.137. The summed E-state index contributed by atoms with van der Waals surface area (Å²) in [6.07, 6.45) is -3.83. The summed E-state index contributed by atoms with van der Waals surface area (Å²) in [5, 5.41) is 9.66. The monoisotopic (exact) mass is 248 g/mol. The van der Waals surface area contributed by atoms with Gasteiger partial charge >= 0.3 is 6.18 Å². The molecule has 1 unspecified atom stereocenters. The van der Waals surface area contributed by atoms with Gasteiger partial charge in [-0.05, 0) is 37.6 Å². The normalized spacial score (nSPS) is 15.4. The molecule has 0 bridgehead atoms. The number of ether oxygens (including phenoxy) is 1. The molecule has 0 radical (unpaired) electrons. The molecule has 0 aliphatic carbocycles. The molecule has 1 aromatic carbocycles. The topological polar surface area (TPSA) is 29.5 Å². The first-order chi connectivity index (χ1) is 7.74. The van der Waals surface area contributed by atoms with Crippen molar-refractivity contribution < 1.29 is 23.0 Å². The van der Waals surface area contributed by atoms with Crippen molar-refractivity contribution in [3.8, 4) is 5.75 Å². The molecule has 1 rings (SSSR count). The van der Waals surface area contributed by atoms with Gasteiger partial charge in [-0.25, -0.2) is 0 Å². The van der Waals surface area contributed by atoms with E-state index in [1.807, 2.05) is 0 Å². The third-order valence-electron chi connectivity index (χ3n) is 2.49. The van der Waals surface area contributed by atoms with E-state index in [0.717, 1.165) is 12.1 Å². The van der Waals surface area contributed by atoms with Crippen LogP contribution in [0.1, 0.15) is 25.8 Å². The molecule has 5 heteroatoms. The molecular formula is C12H15F3O2. The van der Waals surface area contributed by atoms with Crippen LogP contribution in [0.25, 0.3) is 0 Å². The third-order valence-corrected chi connectivity index (χ3v) is 2.49. The largest absolute Gasteiger partial charge is 0.491 e. The Kier molecular flexibility index (Phi) is 4.03. The molecule has 0 amide bonds. The summed E-state index contributed by atoms with van der Waals surface area (Å²) in [7, 11) is 0. The smallest absolute Gasteiger partial charge is 0.416 e. The van der Waals surface area contributed by atoms with Gasteiger partial charge in [0.2, 0.25) is 0 Å². The van der Waals surface area contributed by atoms with Crippen LogP contribution in [0, 0.1) is 0 Å². The summed E-state index contributed by atoms with van der Waals surface area (Å²) < 4.78 is 42.0. The van der Waals surface area contributed by atoms with Gasteiger partial charge in [-0.1, -0.05) is 6.92 Å². The van der Waals surface area contributed by atoms with Crippen molar-refractivity contribution in [2.24, 2.45) is 0 Å². The van der Waals surface area contributed by atoms with Gasteiger partial charge in [0.05, 0.1) is 11.2 Å². The lowest BCUT2D eigenvalue weighted by atomic mass is 10.1. The third kappa shape index (κ3) is 4.26. The van der Waals surface area contributed by atoms with Crippen LogP contribution in [0.5, 0.6) is 5.75 Å². The van der Waals surface area contributed by atoms with Crippen LogP contribution < -0.4 is 4.74 Å². The second kappa shape index (κ2) is 4.96. The van der Waals surface area contributed by atoms with Gasteiger partial charge < -0.3 is 9.84 Å². The minimum atomic E-state index is -4.34. The molecule has 17 heavy (non-hydrogen) atoms. The molecule has 0 fully saturated rings. The summed E-state index contributed by atoms with van der Waals surface area (Å²) >= 11 is 0. The van der Waals surface area contributed by atoms with Crippen molar-refractivity contribution in [1.29, 1.82) is 0 Å². The second-order valence-corrected chi connectivity index (χ2v) is 4.16. The highest BCUT2D eigenvalue weighted by molar-refractivity contribution is 5.28. The number of benzene rings is 1. The Bertz CT molecular complexity index is 355. The molecule has 0 aliphatic heterocycles. The standard InChI is InChI=1S/C12H15F3O2/c1-3-11(2,16)8-17-10-6-4-9(5-7-10)12(13,14)15/h4-7,16H,3,8H2,1-2H3. The molecule has 2 nitrogen and oxygen atoms in total. The van der Waals surface area contributed by atoms with Crippen LogP contribution in [0.3, 0.4) is 0 Å². The van der Waals surface area contributed by atoms with E-state index in [2.05, 4.69) is 0 Å². The Hall–Kier alpha value is -1.23. The predicted octanol–water partition coefficient (Wildman–Crippen LogP) is 3.25. The molecule has 0 saturated heterocycles. The maximum atomic E-state index is 12.3. The number of rotatable bonds is 4. The minimum Gasteiger partial charge on any atom is -0.491 e. The van der Waals surface area contributed by atoms with Gasteiger partial charge in [0.25, 0.3) is 0 Å². The average Bonchev–Trinajstić information content (AvgIpc) is 2.26. The molecule has 96 valence electrons. The molecule has 1 aromatic rings. The average molecular weight is 248 g/mol. The molecule has 0 aromatic heterocycles. The molecule has 0 spiro atoms. The first-order valence-corrected chi connectivity index (χ1v) is 5.27. The van der Waals surface area contributed by atoms with E-state index >= 15 is 0 Å². The van der Waals surface area contributed by atoms with Crippen molar-refractivity contribution in [3.63, 3.8) is 0 Å². The summed E-state index contributed by atoms with van der Waals surface area (Å²) in [5.74, 6) is 0.312. The quantitative estimate of drug-likeness (QED) is 0.886. The lowest BCUT2D eigenvalue weighted by Gasteiger charge is -2.21. The van der Waals surface area contributed by atoms with E-state index < -0.39 is 17.3 Å². The van der Waals surface area contributed by atoms with Crippen LogP contribution in [0.4, 0.5) is 13.2 Å². The zero-order valence-corrected chi connectivity index (χ0v) is 9.71. The van der Waals surface area contributed by atoms with Gasteiger partial charge in [0.15, 0.2) is 0 Å². The number of hydrogen-bond acceptors (Lipinski definition) is 2. The van der Waals surface area contributed by atoms with E-state index in [1.165, 1.54) is 12.1 Å². The summed E-state index contributed by atoms with van der Waals surface area (Å²) in [6, 6.07) is 4.40. The maximum Gasteiger partial charge on any atom is 0.416 e. The van der Waals surface area contributed by atoms with E-state index in [-0.39, 0.29) is 6.61 Å². The Morgan fingerprint density at radius 3 is 2.12 bits per heavy atom. The van der Waals surface area contributed by atoms with Gasteiger partial charge in [-0.2, -0.15) is 13.2 Å². The molecule has 0 aliphatic rings. The highest BCUT2D eigenvalue weighted by Crippen LogP contribution is 2.30. The molecule has 1 N–H and O–H groups in total.